The van der Waals surface area contributed by atoms with Crippen LogP contribution in [0.2, 0.25) is 0 Å². The minimum atomic E-state index is 0.137. The van der Waals surface area contributed by atoms with Crippen LogP contribution in [0.25, 0.3) is 0 Å². The molecule has 0 heterocycles. The van der Waals surface area contributed by atoms with Gasteiger partial charge in [0, 0.05) is 0 Å². The second kappa shape index (κ2) is 4.89. The van der Waals surface area contributed by atoms with Crippen molar-refractivity contribution in [3.8, 4) is 18.1 Å². The molecule has 1 aromatic carbocycles. The molecule has 0 spiro atoms. The van der Waals surface area contributed by atoms with E-state index in [-0.39, 0.29) is 5.41 Å². The lowest BCUT2D eigenvalue weighted by atomic mass is 9.87. The van der Waals surface area contributed by atoms with Crippen LogP contribution in [-0.2, 0) is 5.41 Å². The van der Waals surface area contributed by atoms with Gasteiger partial charge in [0.2, 0.25) is 0 Å². The van der Waals surface area contributed by atoms with Crippen LogP contribution in [0, 0.1) is 15.9 Å². The van der Waals surface area contributed by atoms with Crippen LogP contribution in [0.1, 0.15) is 26.3 Å². The first-order valence-corrected chi connectivity index (χ1v) is 5.89. The van der Waals surface area contributed by atoms with Gasteiger partial charge in [-0.05, 0) is 45.7 Å². The van der Waals surface area contributed by atoms with Crippen LogP contribution >= 0.6 is 22.6 Å². The molecule has 1 rings (SSSR count). The van der Waals surface area contributed by atoms with Crippen LogP contribution in [-0.4, -0.2) is 6.61 Å². The lowest BCUT2D eigenvalue weighted by Crippen LogP contribution is -2.11. The van der Waals surface area contributed by atoms with Crippen molar-refractivity contribution >= 4 is 22.6 Å². The molecule has 1 aromatic rings. The van der Waals surface area contributed by atoms with E-state index in [1.807, 2.05) is 0 Å². The Labute approximate surface area is 105 Å². The Bertz CT molecular complexity index is 383. The molecule has 15 heavy (non-hydrogen) atoms. The number of hydrogen-bond donors (Lipinski definition) is 0. The summed E-state index contributed by atoms with van der Waals surface area (Å²) in [5.74, 6) is 3.35. The van der Waals surface area contributed by atoms with Crippen molar-refractivity contribution in [2.24, 2.45) is 0 Å². The second-order valence-electron chi connectivity index (χ2n) is 4.39. The predicted molar refractivity (Wildman–Crippen MR) is 72.2 cm³/mol. The predicted octanol–water partition coefficient (Wildman–Crippen LogP) is 3.60. The first-order valence-electron chi connectivity index (χ1n) is 4.81. The van der Waals surface area contributed by atoms with Crippen molar-refractivity contribution in [3.63, 3.8) is 0 Å². The molecule has 0 saturated carbocycles. The lowest BCUT2D eigenvalue weighted by Gasteiger charge is -2.20. The molecule has 0 aliphatic heterocycles. The summed E-state index contributed by atoms with van der Waals surface area (Å²) in [7, 11) is 0. The smallest absolute Gasteiger partial charge is 0.148 e. The van der Waals surface area contributed by atoms with Crippen LogP contribution in [0.3, 0.4) is 0 Å². The highest BCUT2D eigenvalue weighted by molar-refractivity contribution is 14.1. The number of benzene rings is 1. The molecule has 0 radical (unpaired) electrons. The number of rotatable bonds is 2. The van der Waals surface area contributed by atoms with Gasteiger partial charge in [-0.25, -0.2) is 0 Å². The average molecular weight is 314 g/mol. The third-order valence-electron chi connectivity index (χ3n) is 2.11. The molecule has 0 bridgehead atoms. The third kappa shape index (κ3) is 3.42. The molecule has 0 atom stereocenters. The van der Waals surface area contributed by atoms with Crippen molar-refractivity contribution in [1.29, 1.82) is 0 Å². The maximum absolute atomic E-state index is 5.48. The summed E-state index contributed by atoms with van der Waals surface area (Å²) in [6, 6.07) is 6.26. The van der Waals surface area contributed by atoms with Crippen molar-refractivity contribution in [3.05, 3.63) is 27.3 Å². The van der Waals surface area contributed by atoms with Gasteiger partial charge in [-0.3, -0.25) is 0 Å². The summed E-state index contributed by atoms with van der Waals surface area (Å²) in [4.78, 5) is 0. The standard InChI is InChI=1S/C13H15IO/c1-5-8-15-12-9-10(13(2,3)4)6-7-11(12)14/h1,6-7,9H,8H2,2-4H3. The van der Waals surface area contributed by atoms with Gasteiger partial charge in [0.1, 0.15) is 12.4 Å². The molecule has 0 amide bonds. The zero-order valence-corrected chi connectivity index (χ0v) is 11.5. The van der Waals surface area contributed by atoms with E-state index in [9.17, 15) is 0 Å². The molecule has 2 heteroatoms. The number of terminal acetylenes is 1. The Morgan fingerprint density at radius 3 is 2.60 bits per heavy atom. The highest BCUT2D eigenvalue weighted by Gasteiger charge is 2.15. The lowest BCUT2D eigenvalue weighted by molar-refractivity contribution is 0.366. The van der Waals surface area contributed by atoms with Crippen LogP contribution in [0.15, 0.2) is 18.2 Å². The van der Waals surface area contributed by atoms with E-state index >= 15 is 0 Å². The van der Waals surface area contributed by atoms with Gasteiger partial charge in [0.25, 0.3) is 0 Å². The summed E-state index contributed by atoms with van der Waals surface area (Å²) >= 11 is 2.25. The number of hydrogen-bond acceptors (Lipinski definition) is 1. The Kier molecular flexibility index (Phi) is 4.04. The summed E-state index contributed by atoms with van der Waals surface area (Å²) in [5, 5.41) is 0. The quantitative estimate of drug-likeness (QED) is 0.599. The summed E-state index contributed by atoms with van der Waals surface area (Å²) in [6.07, 6.45) is 5.17. The molecule has 1 nitrogen and oxygen atoms in total. The Morgan fingerprint density at radius 1 is 1.40 bits per heavy atom. The molecule has 0 unspecified atom stereocenters. The molecule has 80 valence electrons. The highest BCUT2D eigenvalue weighted by Crippen LogP contribution is 2.29. The number of halogens is 1. The van der Waals surface area contributed by atoms with Gasteiger partial charge in [-0.2, -0.15) is 0 Å². The van der Waals surface area contributed by atoms with E-state index in [2.05, 4.69) is 67.5 Å². The SMILES string of the molecule is C#CCOc1cc(C(C)(C)C)ccc1I. The molecule has 0 aliphatic rings. The van der Waals surface area contributed by atoms with E-state index in [0.717, 1.165) is 9.32 Å². The van der Waals surface area contributed by atoms with E-state index in [1.54, 1.807) is 0 Å². The maximum Gasteiger partial charge on any atom is 0.148 e. The van der Waals surface area contributed by atoms with Crippen LogP contribution < -0.4 is 4.74 Å². The van der Waals surface area contributed by atoms with Crippen molar-refractivity contribution in [2.75, 3.05) is 6.61 Å². The molecular formula is C13H15IO. The van der Waals surface area contributed by atoms with Gasteiger partial charge in [0.05, 0.1) is 3.57 Å². The molecule has 0 saturated heterocycles. The first kappa shape index (κ1) is 12.4. The summed E-state index contributed by atoms with van der Waals surface area (Å²) < 4.78 is 6.57. The molecule has 0 N–H and O–H groups in total. The van der Waals surface area contributed by atoms with Crippen molar-refractivity contribution < 1.29 is 4.74 Å². The fraction of sp³-hybridized carbons (Fsp3) is 0.385. The normalized spacial score (nSPS) is 10.9. The Hall–Kier alpha value is -0.690. The third-order valence-corrected chi connectivity index (χ3v) is 3.00. The van der Waals surface area contributed by atoms with Crippen LogP contribution in [0.4, 0.5) is 0 Å². The van der Waals surface area contributed by atoms with Gasteiger partial charge in [0.15, 0.2) is 0 Å². The van der Waals surface area contributed by atoms with Gasteiger partial charge >= 0.3 is 0 Å². The zero-order chi connectivity index (χ0) is 11.5. The van der Waals surface area contributed by atoms with Crippen LogP contribution in [0.5, 0.6) is 5.75 Å². The molecular weight excluding hydrogens is 299 g/mol. The van der Waals surface area contributed by atoms with Gasteiger partial charge in [-0.1, -0.05) is 32.8 Å². The largest absolute Gasteiger partial charge is 0.480 e. The molecule has 0 fully saturated rings. The topological polar surface area (TPSA) is 9.23 Å². The van der Waals surface area contributed by atoms with Crippen molar-refractivity contribution in [1.82, 2.24) is 0 Å². The fourth-order valence-electron chi connectivity index (χ4n) is 1.20. The minimum Gasteiger partial charge on any atom is -0.480 e. The minimum absolute atomic E-state index is 0.137. The highest BCUT2D eigenvalue weighted by atomic mass is 127. The van der Waals surface area contributed by atoms with E-state index < -0.39 is 0 Å². The molecule has 0 aromatic heterocycles. The summed E-state index contributed by atoms with van der Waals surface area (Å²) in [6.45, 7) is 6.87. The van der Waals surface area contributed by atoms with E-state index in [4.69, 9.17) is 11.2 Å². The Balaban J connectivity index is 3.01. The van der Waals surface area contributed by atoms with Crippen molar-refractivity contribution in [2.45, 2.75) is 26.2 Å². The maximum atomic E-state index is 5.48. The number of ether oxygens (including phenoxy) is 1. The zero-order valence-electron chi connectivity index (χ0n) is 9.30. The average Bonchev–Trinajstić information content (AvgIpc) is 2.15. The molecule has 0 aliphatic carbocycles. The van der Waals surface area contributed by atoms with E-state index in [1.165, 1.54) is 5.56 Å². The Morgan fingerprint density at radius 2 is 2.07 bits per heavy atom. The summed E-state index contributed by atoms with van der Waals surface area (Å²) in [5.41, 5.74) is 1.40. The fourth-order valence-corrected chi connectivity index (χ4v) is 1.69. The monoisotopic (exact) mass is 314 g/mol. The van der Waals surface area contributed by atoms with Gasteiger partial charge < -0.3 is 4.74 Å². The van der Waals surface area contributed by atoms with Gasteiger partial charge in [-0.15, -0.1) is 6.42 Å². The first-order chi connectivity index (χ1) is 6.95. The van der Waals surface area contributed by atoms with E-state index in [0.29, 0.717) is 6.61 Å². The second-order valence-corrected chi connectivity index (χ2v) is 5.55.